The number of nitrogens with two attached hydrogens (primary N) is 1. The van der Waals surface area contributed by atoms with Crippen LogP contribution in [-0.2, 0) is 17.1 Å². The SMILES string of the molecule is CC(C)SC(N)=O.[Cu]. The smallest absolute Gasteiger partial charge is 0.276 e. The van der Waals surface area contributed by atoms with E-state index in [0.29, 0.717) is 5.25 Å². The Bertz CT molecular complexity index is 76.4. The van der Waals surface area contributed by atoms with Crippen LogP contribution in [0.3, 0.4) is 0 Å². The Kier molecular flexibility index (Phi) is 7.65. The van der Waals surface area contributed by atoms with Crippen molar-refractivity contribution >= 4 is 17.0 Å². The zero-order chi connectivity index (χ0) is 5.86. The molecule has 0 atom stereocenters. The van der Waals surface area contributed by atoms with Crippen molar-refractivity contribution in [2.24, 2.45) is 5.73 Å². The third kappa shape index (κ3) is 9.60. The number of hydrogen-bond donors (Lipinski definition) is 1. The fourth-order valence-electron chi connectivity index (χ4n) is 0.232. The number of hydrogen-bond acceptors (Lipinski definition) is 2. The van der Waals surface area contributed by atoms with E-state index < -0.39 is 0 Å². The van der Waals surface area contributed by atoms with Gasteiger partial charge in [-0.15, -0.1) is 0 Å². The maximum absolute atomic E-state index is 9.99. The fraction of sp³-hybridized carbons (Fsp3) is 0.750. The van der Waals surface area contributed by atoms with Crippen LogP contribution in [0, 0.1) is 0 Å². The maximum atomic E-state index is 9.99. The second kappa shape index (κ2) is 5.48. The molecule has 0 rings (SSSR count). The summed E-state index contributed by atoms with van der Waals surface area (Å²) in [6, 6.07) is 0. The molecule has 53 valence electrons. The summed E-state index contributed by atoms with van der Waals surface area (Å²) in [5.41, 5.74) is 4.82. The average molecular weight is 183 g/mol. The van der Waals surface area contributed by atoms with Crippen molar-refractivity contribution in [3.63, 3.8) is 0 Å². The van der Waals surface area contributed by atoms with Gasteiger partial charge in [-0.05, 0) is 0 Å². The molecule has 0 fully saturated rings. The fourth-order valence-corrected chi connectivity index (χ4v) is 0.697. The minimum Gasteiger partial charge on any atom is -0.361 e. The molecule has 4 heteroatoms. The van der Waals surface area contributed by atoms with Crippen LogP contribution < -0.4 is 5.73 Å². The summed E-state index contributed by atoms with van der Waals surface area (Å²) in [6.07, 6.45) is 0. The molecule has 0 saturated heterocycles. The summed E-state index contributed by atoms with van der Waals surface area (Å²) in [7, 11) is 0. The van der Waals surface area contributed by atoms with Gasteiger partial charge in [-0.25, -0.2) is 0 Å². The van der Waals surface area contributed by atoms with Crippen LogP contribution in [0.25, 0.3) is 0 Å². The van der Waals surface area contributed by atoms with Gasteiger partial charge in [-0.2, -0.15) is 0 Å². The van der Waals surface area contributed by atoms with Gasteiger partial charge in [0.15, 0.2) is 0 Å². The van der Waals surface area contributed by atoms with E-state index in [0.717, 1.165) is 11.8 Å². The average Bonchev–Trinajstić information content (AvgIpc) is 1.27. The molecule has 2 N–H and O–H groups in total. The van der Waals surface area contributed by atoms with E-state index in [1.54, 1.807) is 0 Å². The summed E-state index contributed by atoms with van der Waals surface area (Å²) >= 11 is 1.15. The number of primary amides is 1. The third-order valence-corrected chi connectivity index (χ3v) is 1.06. The van der Waals surface area contributed by atoms with E-state index in [2.05, 4.69) is 0 Å². The predicted molar refractivity (Wildman–Crippen MR) is 32.3 cm³/mol. The van der Waals surface area contributed by atoms with E-state index in [9.17, 15) is 4.79 Å². The molecule has 0 aliphatic heterocycles. The van der Waals surface area contributed by atoms with E-state index >= 15 is 0 Å². The van der Waals surface area contributed by atoms with Crippen LogP contribution >= 0.6 is 11.8 Å². The zero-order valence-corrected chi connectivity index (χ0v) is 6.53. The van der Waals surface area contributed by atoms with Crippen LogP contribution in [0.2, 0.25) is 0 Å². The molecule has 1 radical (unpaired) electrons. The molecule has 0 aliphatic rings. The molecule has 0 aromatic rings. The first-order valence-corrected chi connectivity index (χ1v) is 2.97. The Morgan fingerprint density at radius 3 is 2.00 bits per heavy atom. The molecule has 0 unspecified atom stereocenters. The normalized spacial score (nSPS) is 8.38. The molecule has 0 spiro atoms. The minimum absolute atomic E-state index is 0. The second-order valence-corrected chi connectivity index (χ2v) is 3.07. The summed E-state index contributed by atoms with van der Waals surface area (Å²) < 4.78 is 0. The van der Waals surface area contributed by atoms with Gasteiger partial charge in [-0.1, -0.05) is 25.6 Å². The number of thioether (sulfide) groups is 1. The predicted octanol–water partition coefficient (Wildman–Crippen LogP) is 1.20. The molecule has 8 heavy (non-hydrogen) atoms. The quantitative estimate of drug-likeness (QED) is 0.620. The molecule has 0 bridgehead atoms. The molecule has 0 aromatic carbocycles. The summed E-state index contributed by atoms with van der Waals surface area (Å²) in [6.45, 7) is 3.85. The maximum Gasteiger partial charge on any atom is 0.276 e. The summed E-state index contributed by atoms with van der Waals surface area (Å²) in [4.78, 5) is 9.99. The summed E-state index contributed by atoms with van der Waals surface area (Å²) in [5.74, 6) is 0. The van der Waals surface area contributed by atoms with Crippen LogP contribution in [0.4, 0.5) is 4.79 Å². The Labute approximate surface area is 64.1 Å². The summed E-state index contributed by atoms with van der Waals surface area (Å²) in [5, 5.41) is 0.0208. The Morgan fingerprint density at radius 2 is 2.00 bits per heavy atom. The molecule has 1 amide bonds. The van der Waals surface area contributed by atoms with Crippen LogP contribution in [-0.4, -0.2) is 10.5 Å². The molecule has 0 saturated carbocycles. The van der Waals surface area contributed by atoms with Crippen LogP contribution in [0.15, 0.2) is 0 Å². The number of carbonyl (C=O) groups excluding carboxylic acids is 1. The van der Waals surface area contributed by atoms with E-state index in [-0.39, 0.29) is 22.3 Å². The second-order valence-electron chi connectivity index (χ2n) is 1.49. The van der Waals surface area contributed by atoms with E-state index in [1.807, 2.05) is 13.8 Å². The van der Waals surface area contributed by atoms with Crippen molar-refractivity contribution in [1.82, 2.24) is 0 Å². The standard InChI is InChI=1S/C4H9NOS.Cu/c1-3(2)7-4(5)6;/h3H,1-2H3,(H2,5,6);. The number of rotatable bonds is 1. The zero-order valence-electron chi connectivity index (χ0n) is 4.77. The minimum atomic E-state index is -0.296. The Morgan fingerprint density at radius 1 is 1.62 bits per heavy atom. The number of amides is 1. The largest absolute Gasteiger partial charge is 0.361 e. The number of carbonyl (C=O) groups is 1. The van der Waals surface area contributed by atoms with Crippen molar-refractivity contribution in [2.75, 3.05) is 0 Å². The van der Waals surface area contributed by atoms with Gasteiger partial charge in [0, 0.05) is 22.3 Å². The van der Waals surface area contributed by atoms with Crippen molar-refractivity contribution in [3.8, 4) is 0 Å². The van der Waals surface area contributed by atoms with Gasteiger partial charge < -0.3 is 5.73 Å². The molecular weight excluding hydrogens is 174 g/mol. The van der Waals surface area contributed by atoms with Gasteiger partial charge in [0.05, 0.1) is 0 Å². The molecule has 0 aliphatic carbocycles. The molecular formula is C4H9CuNOS. The van der Waals surface area contributed by atoms with Gasteiger partial charge in [0.2, 0.25) is 0 Å². The van der Waals surface area contributed by atoms with Gasteiger partial charge in [0.1, 0.15) is 0 Å². The van der Waals surface area contributed by atoms with Crippen molar-refractivity contribution in [2.45, 2.75) is 19.1 Å². The first-order valence-electron chi connectivity index (χ1n) is 2.09. The van der Waals surface area contributed by atoms with Gasteiger partial charge >= 0.3 is 0 Å². The Hall–Kier alpha value is 0.339. The topological polar surface area (TPSA) is 43.1 Å². The van der Waals surface area contributed by atoms with Crippen LogP contribution in [0.5, 0.6) is 0 Å². The monoisotopic (exact) mass is 182 g/mol. The molecule has 0 heterocycles. The van der Waals surface area contributed by atoms with Crippen molar-refractivity contribution < 1.29 is 21.9 Å². The van der Waals surface area contributed by atoms with Gasteiger partial charge in [-0.3, -0.25) is 4.79 Å². The third-order valence-electron chi connectivity index (χ3n) is 0.352. The Balaban J connectivity index is 0. The van der Waals surface area contributed by atoms with Gasteiger partial charge in [0.25, 0.3) is 5.24 Å². The first-order chi connectivity index (χ1) is 3.13. The van der Waals surface area contributed by atoms with Crippen molar-refractivity contribution in [1.29, 1.82) is 0 Å². The van der Waals surface area contributed by atoms with Crippen LogP contribution in [0.1, 0.15) is 13.8 Å². The van der Waals surface area contributed by atoms with Crippen molar-refractivity contribution in [3.05, 3.63) is 0 Å². The first kappa shape index (κ1) is 11.2. The molecule has 0 aromatic heterocycles. The van der Waals surface area contributed by atoms with E-state index in [4.69, 9.17) is 5.73 Å². The molecule has 2 nitrogen and oxygen atoms in total. The van der Waals surface area contributed by atoms with E-state index in [1.165, 1.54) is 0 Å².